The van der Waals surface area contributed by atoms with Crippen molar-refractivity contribution in [2.75, 3.05) is 13.2 Å². The second-order valence-electron chi connectivity index (χ2n) is 5.20. The molecule has 0 heterocycles. The zero-order valence-corrected chi connectivity index (χ0v) is 12.8. The predicted octanol–water partition coefficient (Wildman–Crippen LogP) is 1.04. The molecule has 4 N–H and O–H groups in total. The van der Waals surface area contributed by atoms with Crippen LogP contribution >= 0.6 is 7.49 Å². The van der Waals surface area contributed by atoms with Crippen molar-refractivity contribution < 1.29 is 14.7 Å². The summed E-state index contributed by atoms with van der Waals surface area (Å²) in [6, 6.07) is 2.04. The van der Waals surface area contributed by atoms with Crippen LogP contribution in [-0.4, -0.2) is 46.6 Å². The van der Waals surface area contributed by atoms with Gasteiger partial charge < -0.3 is 0 Å². The minimum atomic E-state index is -2.46. The van der Waals surface area contributed by atoms with Gasteiger partial charge in [-0.15, -0.1) is 0 Å². The van der Waals surface area contributed by atoms with Crippen molar-refractivity contribution >= 4 is 7.49 Å². The maximum absolute atomic E-state index is 9.83. The monoisotopic (exact) mass is 278 g/mol. The predicted molar refractivity (Wildman–Crippen MR) is 75.8 cm³/mol. The molecule has 18 heavy (non-hydrogen) atoms. The van der Waals surface area contributed by atoms with Crippen molar-refractivity contribution in [3.63, 3.8) is 0 Å². The molecule has 0 aromatic carbocycles. The molecule has 0 rings (SSSR count). The molecular formula is C12H27N2O3P. The number of hydrogen-bond donors (Lipinski definition) is 3. The van der Waals surface area contributed by atoms with Gasteiger partial charge in [-0.25, -0.2) is 0 Å². The fourth-order valence-corrected chi connectivity index (χ4v) is 7.45. The van der Waals surface area contributed by atoms with E-state index >= 15 is 0 Å². The molecule has 0 saturated heterocycles. The number of hydrogen-bond acceptors (Lipinski definition) is 5. The summed E-state index contributed by atoms with van der Waals surface area (Å²) in [6.45, 7) is 8.10. The molecule has 0 aliphatic rings. The van der Waals surface area contributed by atoms with Crippen LogP contribution in [0.15, 0.2) is 0 Å². The minimum absolute atomic E-state index is 0.201. The van der Waals surface area contributed by atoms with Crippen molar-refractivity contribution in [1.82, 2.24) is 0 Å². The van der Waals surface area contributed by atoms with E-state index in [0.29, 0.717) is 13.0 Å². The fourth-order valence-electron chi connectivity index (χ4n) is 2.55. The molecule has 0 radical (unpaired) electrons. The van der Waals surface area contributed by atoms with Gasteiger partial charge in [0.2, 0.25) is 0 Å². The Bertz CT molecular complexity index is 271. The number of aliphatic hydroxyl groups is 2. The first kappa shape index (κ1) is 17.8. The Balaban J connectivity index is 5.16. The Hall–Kier alpha value is -0.240. The van der Waals surface area contributed by atoms with Gasteiger partial charge in [0.05, 0.1) is 0 Å². The van der Waals surface area contributed by atoms with E-state index in [-0.39, 0.29) is 17.9 Å². The standard InChI is InChI=1S/C12H27N2O3P/c1-9(2)18(10(3)4,17-7-5-6-13)12(14)11(16)8-15/h9-12,15-16,18H,5,7-8,14H2,1-4H3. The molecule has 2 atom stereocenters. The van der Waals surface area contributed by atoms with E-state index in [1.54, 1.807) is 0 Å². The van der Waals surface area contributed by atoms with E-state index < -0.39 is 19.4 Å². The molecule has 0 saturated carbocycles. The Morgan fingerprint density at radius 1 is 1.28 bits per heavy atom. The molecule has 2 unspecified atom stereocenters. The van der Waals surface area contributed by atoms with Crippen molar-refractivity contribution in [3.05, 3.63) is 0 Å². The third-order valence-electron chi connectivity index (χ3n) is 3.49. The molecule has 5 nitrogen and oxygen atoms in total. The van der Waals surface area contributed by atoms with Gasteiger partial charge in [0, 0.05) is 0 Å². The van der Waals surface area contributed by atoms with Crippen LogP contribution in [-0.2, 0) is 4.52 Å². The third kappa shape index (κ3) is 3.88. The van der Waals surface area contributed by atoms with Gasteiger partial charge in [0.1, 0.15) is 0 Å². The molecular weight excluding hydrogens is 251 g/mol. The molecule has 6 heteroatoms. The van der Waals surface area contributed by atoms with Gasteiger partial charge in [-0.1, -0.05) is 0 Å². The van der Waals surface area contributed by atoms with Crippen molar-refractivity contribution in [1.29, 1.82) is 5.26 Å². The quantitative estimate of drug-likeness (QED) is 0.455. The average Bonchev–Trinajstić information content (AvgIpc) is 2.32. The summed E-state index contributed by atoms with van der Waals surface area (Å²) in [7, 11) is -2.46. The number of nitriles is 1. The van der Waals surface area contributed by atoms with E-state index in [1.165, 1.54) is 0 Å². The first-order valence-electron chi connectivity index (χ1n) is 6.39. The SMILES string of the molecule is CC(C)[PH](OCCC#N)(C(C)C)C(N)C(O)CO. The molecule has 0 aliphatic carbocycles. The Morgan fingerprint density at radius 2 is 1.78 bits per heavy atom. The van der Waals surface area contributed by atoms with Crippen LogP contribution in [0.2, 0.25) is 0 Å². The maximum atomic E-state index is 9.83. The summed E-state index contributed by atoms with van der Waals surface area (Å²) in [4.78, 5) is 0. The normalized spacial score (nSPS) is 16.7. The summed E-state index contributed by atoms with van der Waals surface area (Å²) in [6.07, 6.45) is -0.653. The van der Waals surface area contributed by atoms with Crippen LogP contribution < -0.4 is 5.73 Å². The van der Waals surface area contributed by atoms with E-state index in [1.807, 2.05) is 33.8 Å². The van der Waals surface area contributed by atoms with Crippen molar-refractivity contribution in [2.24, 2.45) is 5.73 Å². The summed E-state index contributed by atoms with van der Waals surface area (Å²) in [5.74, 6) is -0.554. The van der Waals surface area contributed by atoms with Crippen LogP contribution in [0.5, 0.6) is 0 Å². The second kappa shape index (κ2) is 8.04. The van der Waals surface area contributed by atoms with E-state index in [9.17, 15) is 5.11 Å². The van der Waals surface area contributed by atoms with Crippen LogP contribution in [0.3, 0.4) is 0 Å². The van der Waals surface area contributed by atoms with Crippen LogP contribution in [0, 0.1) is 11.3 Å². The number of nitrogens with two attached hydrogens (primary N) is 1. The topological polar surface area (TPSA) is 99.5 Å². The van der Waals surface area contributed by atoms with Gasteiger partial charge >= 0.3 is 110 Å². The molecule has 0 amide bonds. The van der Waals surface area contributed by atoms with Crippen molar-refractivity contribution in [3.8, 4) is 6.07 Å². The summed E-state index contributed by atoms with van der Waals surface area (Å²) < 4.78 is 6.00. The summed E-state index contributed by atoms with van der Waals surface area (Å²) in [5.41, 5.74) is 6.54. The molecule has 0 aromatic heterocycles. The van der Waals surface area contributed by atoms with Gasteiger partial charge in [-0.2, -0.15) is 0 Å². The number of rotatable bonds is 8. The number of nitrogens with zero attached hydrogens (tertiary/aromatic N) is 1. The van der Waals surface area contributed by atoms with E-state index in [4.69, 9.17) is 20.6 Å². The van der Waals surface area contributed by atoms with Crippen molar-refractivity contribution in [2.45, 2.75) is 57.3 Å². The summed E-state index contributed by atoms with van der Waals surface area (Å²) >= 11 is 0. The second-order valence-corrected chi connectivity index (χ2v) is 10.2. The third-order valence-corrected chi connectivity index (χ3v) is 9.23. The van der Waals surface area contributed by atoms with E-state index in [2.05, 4.69) is 0 Å². The first-order valence-corrected chi connectivity index (χ1v) is 8.54. The van der Waals surface area contributed by atoms with Gasteiger partial charge in [-0.05, 0) is 0 Å². The first-order chi connectivity index (χ1) is 8.34. The zero-order valence-electron chi connectivity index (χ0n) is 11.8. The molecule has 0 fully saturated rings. The fraction of sp³-hybridized carbons (Fsp3) is 0.917. The van der Waals surface area contributed by atoms with Crippen LogP contribution in [0.1, 0.15) is 34.1 Å². The molecule has 0 aromatic rings. The number of aliphatic hydroxyl groups excluding tert-OH is 2. The van der Waals surface area contributed by atoms with Crippen LogP contribution in [0.4, 0.5) is 0 Å². The molecule has 0 bridgehead atoms. The Morgan fingerprint density at radius 3 is 2.11 bits per heavy atom. The zero-order chi connectivity index (χ0) is 14.3. The van der Waals surface area contributed by atoms with Gasteiger partial charge in [0.25, 0.3) is 0 Å². The van der Waals surface area contributed by atoms with Gasteiger partial charge in [0.15, 0.2) is 0 Å². The molecule has 108 valence electrons. The molecule has 0 aliphatic heterocycles. The average molecular weight is 278 g/mol. The van der Waals surface area contributed by atoms with Crippen LogP contribution in [0.25, 0.3) is 0 Å². The van der Waals surface area contributed by atoms with Gasteiger partial charge in [-0.3, -0.25) is 0 Å². The summed E-state index contributed by atoms with van der Waals surface area (Å²) in [5, 5.41) is 27.5. The molecule has 0 spiro atoms. The Labute approximate surface area is 110 Å². The van der Waals surface area contributed by atoms with E-state index in [0.717, 1.165) is 0 Å². The Kier molecular flexibility index (Phi) is 7.93.